The Morgan fingerprint density at radius 1 is 0.471 bits per heavy atom. The summed E-state index contributed by atoms with van der Waals surface area (Å²) in [5.41, 5.74) is 32.0. The van der Waals surface area contributed by atoms with Crippen LogP contribution in [-0.2, 0) is 5.41 Å². The van der Waals surface area contributed by atoms with Crippen LogP contribution in [0.25, 0.3) is 0 Å². The average Bonchev–Trinajstić information content (AvgIpc) is 3.10. The number of benzene rings is 6. The molecule has 0 radical (unpaired) electrons. The Hall–Kier alpha value is -7.41. The Labute approximate surface area is 290 Å². The maximum Gasteiger partial charge on any atom is 0.141 e. The molecule has 0 amide bonds. The molecule has 0 aromatic heterocycles. The molecular formula is C38H32N6O7. The van der Waals surface area contributed by atoms with Gasteiger partial charge in [0, 0.05) is 22.3 Å². The van der Waals surface area contributed by atoms with Crippen LogP contribution in [0.4, 0.5) is 34.1 Å². The van der Waals surface area contributed by atoms with Gasteiger partial charge in [0.15, 0.2) is 0 Å². The highest BCUT2D eigenvalue weighted by Gasteiger charge is 2.50. The van der Waals surface area contributed by atoms with E-state index in [9.17, 15) is 30.6 Å². The smallest absolute Gasteiger partial charge is 0.141 e. The van der Waals surface area contributed by atoms with Crippen LogP contribution in [-0.4, -0.2) is 36.4 Å². The third-order valence-corrected chi connectivity index (χ3v) is 9.02. The first kappa shape index (κ1) is 32.2. The Kier molecular flexibility index (Phi) is 7.33. The molecule has 51 heavy (non-hydrogen) atoms. The highest BCUT2D eigenvalue weighted by Crippen LogP contribution is 2.62. The predicted octanol–water partition coefficient (Wildman–Crippen LogP) is 5.49. The van der Waals surface area contributed by atoms with Crippen molar-refractivity contribution in [1.29, 1.82) is 0 Å². The number of nitrogens with zero attached hydrogens (tertiary/aromatic N) is 1. The molecule has 0 saturated heterocycles. The molecule has 0 saturated carbocycles. The van der Waals surface area contributed by atoms with Crippen LogP contribution >= 0.6 is 0 Å². The van der Waals surface area contributed by atoms with E-state index in [1.807, 2.05) is 0 Å². The molecule has 256 valence electrons. The van der Waals surface area contributed by atoms with Gasteiger partial charge in [0.1, 0.15) is 51.7 Å². The Morgan fingerprint density at radius 2 is 0.882 bits per heavy atom. The molecule has 0 bridgehead atoms. The normalized spacial score (nSPS) is 12.7. The van der Waals surface area contributed by atoms with Crippen molar-refractivity contribution in [3.8, 4) is 46.0 Å². The van der Waals surface area contributed by atoms with E-state index in [2.05, 4.69) is 0 Å². The van der Waals surface area contributed by atoms with E-state index in [0.717, 1.165) is 0 Å². The average molecular weight is 685 g/mol. The van der Waals surface area contributed by atoms with Crippen molar-refractivity contribution in [2.75, 3.05) is 28.7 Å². The molecule has 13 heteroatoms. The summed E-state index contributed by atoms with van der Waals surface area (Å²) < 4.78 is 6.44. The molecule has 0 aliphatic carbocycles. The van der Waals surface area contributed by atoms with E-state index >= 15 is 0 Å². The second-order valence-electron chi connectivity index (χ2n) is 12.1. The number of rotatable bonds is 5. The molecule has 13 nitrogen and oxygen atoms in total. The lowest BCUT2D eigenvalue weighted by molar-refractivity contribution is 0.423. The summed E-state index contributed by atoms with van der Waals surface area (Å²) in [7, 11) is 0. The number of fused-ring (bicyclic) bond motifs is 2. The van der Waals surface area contributed by atoms with Crippen LogP contribution < -0.4 is 33.4 Å². The number of anilines is 5. The van der Waals surface area contributed by atoms with Crippen LogP contribution in [0.15, 0.2) is 102 Å². The first-order valence-corrected chi connectivity index (χ1v) is 15.4. The Morgan fingerprint density at radius 3 is 1.35 bits per heavy atom. The summed E-state index contributed by atoms with van der Waals surface area (Å²) in [6.45, 7) is 0. The highest BCUT2D eigenvalue weighted by molar-refractivity contribution is 6.15. The highest BCUT2D eigenvalue weighted by atomic mass is 16.5. The van der Waals surface area contributed by atoms with E-state index in [0.29, 0.717) is 22.3 Å². The summed E-state index contributed by atoms with van der Waals surface area (Å²) in [6.07, 6.45) is 0. The van der Waals surface area contributed by atoms with E-state index in [4.69, 9.17) is 38.4 Å². The maximum absolute atomic E-state index is 11.8. The van der Waals surface area contributed by atoms with Crippen LogP contribution in [0.2, 0.25) is 0 Å². The third kappa shape index (κ3) is 4.99. The van der Waals surface area contributed by atoms with Crippen molar-refractivity contribution in [3.63, 3.8) is 0 Å². The van der Waals surface area contributed by atoms with Gasteiger partial charge in [0.25, 0.3) is 0 Å². The Balaban J connectivity index is 1.70. The minimum Gasteiger partial charge on any atom is -0.506 e. The van der Waals surface area contributed by atoms with Crippen molar-refractivity contribution in [1.82, 2.24) is 0 Å². The van der Waals surface area contributed by atoms with Gasteiger partial charge in [-0.1, -0.05) is 12.1 Å². The summed E-state index contributed by atoms with van der Waals surface area (Å²) in [4.78, 5) is 5.05. The van der Waals surface area contributed by atoms with Crippen LogP contribution in [0, 0.1) is 0 Å². The van der Waals surface area contributed by atoms with Crippen molar-refractivity contribution >= 4 is 39.8 Å². The van der Waals surface area contributed by atoms with Gasteiger partial charge in [-0.3, -0.25) is 0 Å². The van der Waals surface area contributed by atoms with Gasteiger partial charge >= 0.3 is 0 Å². The lowest BCUT2D eigenvalue weighted by Crippen LogP contribution is -2.35. The number of nitrogens with two attached hydrogens (primary N) is 5. The molecule has 6 aromatic rings. The SMILES string of the molecule is Nc1cc(C(=Nc2c(O)ccc3c2C(c2ccc(O)c(N)c2)(c2ccc(O)c(N)c2)c2c(ccc(O)c2N)O3)c2ccc(O)c(N)c2)ccc1O. The van der Waals surface area contributed by atoms with Crippen LogP contribution in [0.5, 0.6) is 46.0 Å². The molecular weight excluding hydrogens is 652 g/mol. The van der Waals surface area contributed by atoms with Gasteiger partial charge in [0.2, 0.25) is 0 Å². The molecule has 1 heterocycles. The minimum atomic E-state index is -1.67. The number of hydrogen-bond donors (Lipinski definition) is 11. The Bertz CT molecular complexity index is 2340. The zero-order valence-electron chi connectivity index (χ0n) is 26.7. The van der Waals surface area contributed by atoms with Gasteiger partial charge in [-0.15, -0.1) is 0 Å². The predicted molar refractivity (Wildman–Crippen MR) is 195 cm³/mol. The molecule has 1 aliphatic rings. The summed E-state index contributed by atoms with van der Waals surface area (Å²) >= 11 is 0. The van der Waals surface area contributed by atoms with Gasteiger partial charge in [-0.25, -0.2) is 4.99 Å². The zero-order valence-corrected chi connectivity index (χ0v) is 26.7. The first-order chi connectivity index (χ1) is 24.3. The van der Waals surface area contributed by atoms with Gasteiger partial charge < -0.3 is 64.0 Å². The zero-order chi connectivity index (χ0) is 36.4. The largest absolute Gasteiger partial charge is 0.506 e. The number of ether oxygens (including phenoxy) is 1. The molecule has 0 atom stereocenters. The fourth-order valence-electron chi connectivity index (χ4n) is 6.56. The van der Waals surface area contributed by atoms with Crippen molar-refractivity contribution in [2.24, 2.45) is 4.99 Å². The van der Waals surface area contributed by atoms with Crippen molar-refractivity contribution in [2.45, 2.75) is 5.41 Å². The van der Waals surface area contributed by atoms with E-state index < -0.39 is 5.41 Å². The summed E-state index contributed by atoms with van der Waals surface area (Å²) in [5.74, 6) is -0.919. The van der Waals surface area contributed by atoms with E-state index in [1.54, 1.807) is 24.3 Å². The molecule has 7 rings (SSSR count). The molecule has 6 aromatic carbocycles. The van der Waals surface area contributed by atoms with Gasteiger partial charge in [0.05, 0.1) is 39.6 Å². The number of hydrogen-bond acceptors (Lipinski definition) is 13. The maximum atomic E-state index is 11.8. The van der Waals surface area contributed by atoms with E-state index in [1.165, 1.54) is 72.8 Å². The summed E-state index contributed by atoms with van der Waals surface area (Å²) in [6, 6.07) is 23.7. The minimum absolute atomic E-state index is 0.00280. The molecule has 0 unspecified atom stereocenters. The molecule has 16 N–H and O–H groups in total. The number of nitrogen functional groups attached to an aromatic ring is 5. The molecule has 0 spiro atoms. The van der Waals surface area contributed by atoms with Gasteiger partial charge in [-0.2, -0.15) is 0 Å². The fraction of sp³-hybridized carbons (Fsp3) is 0.0263. The van der Waals surface area contributed by atoms with Crippen molar-refractivity contribution in [3.05, 3.63) is 130 Å². The lowest BCUT2D eigenvalue weighted by Gasteiger charge is -2.43. The van der Waals surface area contributed by atoms with E-state index in [-0.39, 0.29) is 97.0 Å². The lowest BCUT2D eigenvalue weighted by atomic mass is 9.62. The summed E-state index contributed by atoms with van der Waals surface area (Å²) in [5, 5.41) is 64.4. The van der Waals surface area contributed by atoms with Gasteiger partial charge in [-0.05, 0) is 96.1 Å². The monoisotopic (exact) mass is 684 g/mol. The fourth-order valence-corrected chi connectivity index (χ4v) is 6.56. The topological polar surface area (TPSA) is 273 Å². The molecule has 0 fully saturated rings. The number of aliphatic imine (C=N–C) groups is 1. The van der Waals surface area contributed by atoms with Crippen LogP contribution in [0.1, 0.15) is 33.4 Å². The number of aromatic hydroxyl groups is 6. The standard InChI is InChI=1S/C38H32N6O7/c39-21-13-17(1-5-25(21)45)36(18-2-6-26(46)22(40)14-18)44-37-30(50)10-12-32-34(37)38(19-3-7-27(47)23(41)15-19,20-4-8-28(48)24(42)16-20)33-31(51-32)11-9-29(49)35(33)43/h1-16,45-50H,39-43H2. The second kappa shape index (κ2) is 11.6. The number of phenolic OH excluding ortho intramolecular Hbond substituents is 6. The first-order valence-electron chi connectivity index (χ1n) is 15.4. The second-order valence-corrected chi connectivity index (χ2v) is 12.1. The van der Waals surface area contributed by atoms with Crippen molar-refractivity contribution < 1.29 is 35.4 Å². The number of phenols is 6. The molecule has 1 aliphatic heterocycles. The third-order valence-electron chi connectivity index (χ3n) is 9.02. The quantitative estimate of drug-likeness (QED) is 0.0610. The van der Waals surface area contributed by atoms with Crippen LogP contribution in [0.3, 0.4) is 0 Å².